The third-order valence-corrected chi connectivity index (χ3v) is 7.66. The lowest BCUT2D eigenvalue weighted by atomic mass is 10.0. The molecule has 320 valence electrons. The number of hydrogen-bond acceptors (Lipinski definition) is 12. The molecule has 1 aromatic rings. The molecule has 0 aliphatic heterocycles. The summed E-state index contributed by atoms with van der Waals surface area (Å²) in [4.78, 5) is 54.2. The molecule has 0 fully saturated rings. The number of benzene rings is 1. The van der Waals surface area contributed by atoms with E-state index in [0.29, 0.717) is 52.6 Å². The second kappa shape index (κ2) is 28.0. The summed E-state index contributed by atoms with van der Waals surface area (Å²) < 4.78 is 27.2. The Morgan fingerprint density at radius 1 is 0.618 bits per heavy atom. The third-order valence-electron chi connectivity index (χ3n) is 7.66. The number of aliphatic hydroxyl groups is 1. The Morgan fingerprint density at radius 2 is 0.982 bits per heavy atom. The average Bonchev–Trinajstić information content (AvgIpc) is 3.06. The summed E-state index contributed by atoms with van der Waals surface area (Å²) in [6.07, 6.45) is -0.756. The van der Waals surface area contributed by atoms with E-state index in [4.69, 9.17) is 28.8 Å². The van der Waals surface area contributed by atoms with Crippen molar-refractivity contribution < 1.29 is 53.1 Å². The van der Waals surface area contributed by atoms with Gasteiger partial charge in [-0.3, -0.25) is 19.4 Å². The predicted octanol–water partition coefficient (Wildman–Crippen LogP) is 5.09. The number of amides is 2. The summed E-state index contributed by atoms with van der Waals surface area (Å²) in [7, 11) is 8.00. The number of carbonyl (C=O) groups excluding carboxylic acids is 3. The molecular formula is C40H74N4O11. The number of carboxylic acid groups (broad SMARTS) is 1. The number of nitrogens with zero attached hydrogens (tertiary/aromatic N) is 4. The Hall–Kier alpha value is -3.50. The predicted molar refractivity (Wildman–Crippen MR) is 214 cm³/mol. The maximum Gasteiger partial charge on any atom is 0.410 e. The molecule has 0 unspecified atom stereocenters. The standard InChI is InChI=1S/C23H38N2O5.C16H32N2O5.CH4O/c1-18(2)20(21(26)29-17-19-11-9-8-10-12-19)24(6)13-15-28-16-14-25(7)22(27)30-23(3,4)5;1-12(2)13(14(19)20)17(6)8-10-22-11-9-18(7)15(21)23-16(3,4)5;1-2/h8-12,18,20H,13-17H2,1-7H3;12-13H,8-11H2,1-7H3,(H,19,20);2H,1H3/t20-;13-;/m00./s1. The maximum absolute atomic E-state index is 12.6. The normalized spacial score (nSPS) is 12.6. The minimum Gasteiger partial charge on any atom is -0.480 e. The zero-order valence-corrected chi connectivity index (χ0v) is 36.4. The summed E-state index contributed by atoms with van der Waals surface area (Å²) in [5, 5.41) is 16.2. The van der Waals surface area contributed by atoms with Gasteiger partial charge in [-0.15, -0.1) is 0 Å². The number of ether oxygens (including phenoxy) is 5. The van der Waals surface area contributed by atoms with Gasteiger partial charge in [0.25, 0.3) is 0 Å². The Balaban J connectivity index is 0. The van der Waals surface area contributed by atoms with Gasteiger partial charge >= 0.3 is 24.1 Å². The quantitative estimate of drug-likeness (QED) is 0.102. The smallest absolute Gasteiger partial charge is 0.410 e. The Morgan fingerprint density at radius 3 is 1.33 bits per heavy atom. The highest BCUT2D eigenvalue weighted by molar-refractivity contribution is 5.76. The second-order valence-corrected chi connectivity index (χ2v) is 15.8. The molecular weight excluding hydrogens is 712 g/mol. The van der Waals surface area contributed by atoms with E-state index in [1.807, 2.05) is 112 Å². The van der Waals surface area contributed by atoms with Crippen molar-refractivity contribution in [1.82, 2.24) is 19.6 Å². The first-order chi connectivity index (χ1) is 25.5. The van der Waals surface area contributed by atoms with Crippen LogP contribution in [0.15, 0.2) is 30.3 Å². The van der Waals surface area contributed by atoms with Gasteiger partial charge in [0.2, 0.25) is 0 Å². The van der Waals surface area contributed by atoms with Gasteiger partial charge in [-0.2, -0.15) is 0 Å². The number of aliphatic hydroxyl groups excluding tert-OH is 1. The molecule has 0 saturated carbocycles. The molecule has 15 nitrogen and oxygen atoms in total. The van der Waals surface area contributed by atoms with Crippen molar-refractivity contribution in [1.29, 1.82) is 0 Å². The van der Waals surface area contributed by atoms with E-state index < -0.39 is 23.2 Å². The number of likely N-dealkylation sites (N-methyl/N-ethyl adjacent to an activating group) is 4. The molecule has 15 heteroatoms. The van der Waals surface area contributed by atoms with E-state index in [-0.39, 0.29) is 42.6 Å². The molecule has 1 aromatic carbocycles. The first kappa shape index (κ1) is 53.6. The number of rotatable bonds is 20. The first-order valence-electron chi connectivity index (χ1n) is 18.8. The largest absolute Gasteiger partial charge is 0.480 e. The summed E-state index contributed by atoms with van der Waals surface area (Å²) in [6, 6.07) is 8.78. The summed E-state index contributed by atoms with van der Waals surface area (Å²) in [5.41, 5.74) is -0.0681. The van der Waals surface area contributed by atoms with Gasteiger partial charge in [-0.25, -0.2) is 9.59 Å². The fourth-order valence-corrected chi connectivity index (χ4v) is 4.92. The Bertz CT molecular complexity index is 1200. The molecule has 0 saturated heterocycles. The molecule has 1 rings (SSSR count). The molecule has 0 aliphatic carbocycles. The lowest BCUT2D eigenvalue weighted by Gasteiger charge is -2.29. The number of hydrogen-bond donors (Lipinski definition) is 2. The summed E-state index contributed by atoms with van der Waals surface area (Å²) in [5.74, 6) is -0.930. The van der Waals surface area contributed by atoms with Gasteiger partial charge in [0.1, 0.15) is 29.9 Å². The number of carboxylic acids is 1. The summed E-state index contributed by atoms with van der Waals surface area (Å²) in [6.45, 7) is 22.6. The summed E-state index contributed by atoms with van der Waals surface area (Å²) >= 11 is 0. The van der Waals surface area contributed by atoms with Crippen LogP contribution in [0.5, 0.6) is 0 Å². The van der Waals surface area contributed by atoms with Crippen molar-refractivity contribution in [3.8, 4) is 0 Å². The van der Waals surface area contributed by atoms with Crippen LogP contribution in [-0.2, 0) is 39.9 Å². The van der Waals surface area contributed by atoms with Crippen LogP contribution in [0.2, 0.25) is 0 Å². The van der Waals surface area contributed by atoms with Crippen molar-refractivity contribution in [3.63, 3.8) is 0 Å². The van der Waals surface area contributed by atoms with Gasteiger partial charge in [0.05, 0.1) is 26.4 Å². The molecule has 0 radical (unpaired) electrons. The minimum absolute atomic E-state index is 0.0239. The van der Waals surface area contributed by atoms with E-state index in [1.165, 1.54) is 9.80 Å². The molecule has 55 heavy (non-hydrogen) atoms. The van der Waals surface area contributed by atoms with E-state index in [9.17, 15) is 24.3 Å². The van der Waals surface area contributed by atoms with Crippen LogP contribution in [0.4, 0.5) is 9.59 Å². The van der Waals surface area contributed by atoms with Crippen LogP contribution in [-0.4, -0.2) is 165 Å². The van der Waals surface area contributed by atoms with E-state index in [2.05, 4.69) is 0 Å². The molecule has 0 aromatic heterocycles. The first-order valence-corrected chi connectivity index (χ1v) is 18.8. The number of carbonyl (C=O) groups is 4. The monoisotopic (exact) mass is 787 g/mol. The number of aliphatic carboxylic acids is 1. The van der Waals surface area contributed by atoms with Gasteiger partial charge in [-0.05, 0) is 73.0 Å². The Labute approximate surface area is 331 Å². The van der Waals surface area contributed by atoms with Gasteiger partial charge in [0.15, 0.2) is 0 Å². The van der Waals surface area contributed by atoms with Crippen LogP contribution >= 0.6 is 0 Å². The highest BCUT2D eigenvalue weighted by Crippen LogP contribution is 2.14. The topological polar surface area (TPSA) is 168 Å². The lowest BCUT2D eigenvalue weighted by molar-refractivity contribution is -0.153. The van der Waals surface area contributed by atoms with Crippen LogP contribution in [0, 0.1) is 11.8 Å². The van der Waals surface area contributed by atoms with Crippen molar-refractivity contribution >= 4 is 24.1 Å². The molecule has 2 atom stereocenters. The van der Waals surface area contributed by atoms with E-state index >= 15 is 0 Å². The maximum atomic E-state index is 12.6. The molecule has 2 N–H and O–H groups in total. The van der Waals surface area contributed by atoms with Crippen LogP contribution < -0.4 is 0 Å². The minimum atomic E-state index is -0.827. The molecule has 0 spiro atoms. The van der Waals surface area contributed by atoms with Crippen molar-refractivity contribution in [3.05, 3.63) is 35.9 Å². The van der Waals surface area contributed by atoms with Crippen molar-refractivity contribution in [2.24, 2.45) is 11.8 Å². The molecule has 0 heterocycles. The zero-order valence-electron chi connectivity index (χ0n) is 36.4. The lowest BCUT2D eigenvalue weighted by Crippen LogP contribution is -2.45. The van der Waals surface area contributed by atoms with Gasteiger partial charge in [0, 0.05) is 47.4 Å². The zero-order chi connectivity index (χ0) is 42.9. The Kier molecular flexibility index (Phi) is 27.3. The van der Waals surface area contributed by atoms with Crippen LogP contribution in [0.25, 0.3) is 0 Å². The fraction of sp³-hybridized carbons (Fsp3) is 0.750. The van der Waals surface area contributed by atoms with E-state index in [1.54, 1.807) is 26.0 Å². The van der Waals surface area contributed by atoms with Gasteiger partial charge < -0.3 is 43.7 Å². The van der Waals surface area contributed by atoms with Crippen LogP contribution in [0.1, 0.15) is 74.8 Å². The molecule has 0 aliphatic rings. The van der Waals surface area contributed by atoms with Gasteiger partial charge in [-0.1, -0.05) is 58.0 Å². The van der Waals surface area contributed by atoms with E-state index in [0.717, 1.165) is 12.7 Å². The highest BCUT2D eigenvalue weighted by atomic mass is 16.6. The molecule has 2 amide bonds. The van der Waals surface area contributed by atoms with Crippen LogP contribution in [0.3, 0.4) is 0 Å². The van der Waals surface area contributed by atoms with Crippen molar-refractivity contribution in [2.75, 3.05) is 87.9 Å². The fourth-order valence-electron chi connectivity index (χ4n) is 4.92. The van der Waals surface area contributed by atoms with Crippen molar-refractivity contribution in [2.45, 2.75) is 99.1 Å². The number of esters is 1. The molecule has 0 bridgehead atoms. The average molecular weight is 787 g/mol. The highest BCUT2D eigenvalue weighted by Gasteiger charge is 2.28. The third kappa shape index (κ3) is 26.1. The SMILES string of the molecule is CC(C)[C@@H](C(=O)O)N(C)CCOCCN(C)C(=O)OC(C)(C)C.CC(C)[C@@H](C(=O)OCc1ccccc1)N(C)CCOCCN(C)C(=O)OC(C)(C)C.CO. The second-order valence-electron chi connectivity index (χ2n) is 15.8.